The van der Waals surface area contributed by atoms with Crippen molar-refractivity contribution in [1.82, 2.24) is 9.80 Å². The van der Waals surface area contributed by atoms with Gasteiger partial charge in [-0.2, -0.15) is 0 Å². The largest absolute Gasteiger partial charge is 0.497 e. The molecule has 30 heavy (non-hydrogen) atoms. The average molecular weight is 405 g/mol. The summed E-state index contributed by atoms with van der Waals surface area (Å²) in [5.41, 5.74) is 3.51. The highest BCUT2D eigenvalue weighted by molar-refractivity contribution is 6.12. The van der Waals surface area contributed by atoms with E-state index in [4.69, 9.17) is 4.74 Å². The van der Waals surface area contributed by atoms with Crippen LogP contribution in [0.15, 0.2) is 48.5 Å². The zero-order valence-electron chi connectivity index (χ0n) is 17.3. The predicted molar refractivity (Wildman–Crippen MR) is 115 cm³/mol. The van der Waals surface area contributed by atoms with Crippen LogP contribution in [-0.2, 0) is 11.2 Å². The average Bonchev–Trinajstić information content (AvgIpc) is 3.07. The maximum Gasteiger partial charge on any atom is 0.331 e. The maximum absolute atomic E-state index is 12.9. The van der Waals surface area contributed by atoms with Crippen molar-refractivity contribution in [3.8, 4) is 5.75 Å². The summed E-state index contributed by atoms with van der Waals surface area (Å²) in [7, 11) is 1.70. The minimum absolute atomic E-state index is 0.0972. The molecular formula is C24H27N3O3. The summed E-state index contributed by atoms with van der Waals surface area (Å²) in [5.74, 6) is 1.13. The van der Waals surface area contributed by atoms with Gasteiger partial charge in [-0.25, -0.2) is 4.79 Å². The number of hydrogen-bond acceptors (Lipinski definition) is 4. The number of fused-ring (bicyclic) bond motifs is 3. The molecule has 2 fully saturated rings. The van der Waals surface area contributed by atoms with E-state index < -0.39 is 0 Å². The zero-order valence-corrected chi connectivity index (χ0v) is 17.3. The van der Waals surface area contributed by atoms with E-state index in [-0.39, 0.29) is 18.5 Å². The second-order valence-electron chi connectivity index (χ2n) is 8.47. The zero-order chi connectivity index (χ0) is 20.7. The van der Waals surface area contributed by atoms with Gasteiger partial charge in [-0.3, -0.25) is 19.5 Å². The lowest BCUT2D eigenvalue weighted by atomic mass is 9.82. The fourth-order valence-corrected chi connectivity index (χ4v) is 5.15. The van der Waals surface area contributed by atoms with Crippen LogP contribution in [0.25, 0.3) is 0 Å². The molecule has 3 aliphatic rings. The molecule has 3 aliphatic heterocycles. The first-order valence-corrected chi connectivity index (χ1v) is 10.7. The van der Waals surface area contributed by atoms with Crippen molar-refractivity contribution in [2.45, 2.75) is 25.3 Å². The molecule has 0 N–H and O–H groups in total. The SMILES string of the molecule is COc1ccc2c(c1)CCN1CC[C@@H](CN3C(=O)CN(c4ccccc4)C3=O)C[C@@H]21. The number of hydrogen-bond donors (Lipinski definition) is 0. The van der Waals surface area contributed by atoms with Crippen molar-refractivity contribution < 1.29 is 14.3 Å². The lowest BCUT2D eigenvalue weighted by Gasteiger charge is -2.44. The quantitative estimate of drug-likeness (QED) is 0.731. The van der Waals surface area contributed by atoms with Crippen LogP contribution in [-0.4, -0.2) is 55.0 Å². The smallest absolute Gasteiger partial charge is 0.331 e. The monoisotopic (exact) mass is 405 g/mol. The molecule has 3 heterocycles. The van der Waals surface area contributed by atoms with Crippen LogP contribution in [0.2, 0.25) is 0 Å². The van der Waals surface area contributed by atoms with E-state index in [0.717, 1.165) is 43.8 Å². The van der Waals surface area contributed by atoms with Crippen molar-refractivity contribution >= 4 is 17.6 Å². The Bertz CT molecular complexity index is 961. The number of urea groups is 1. The normalized spacial score (nSPS) is 24.0. The third-order valence-corrected chi connectivity index (χ3v) is 6.76. The summed E-state index contributed by atoms with van der Waals surface area (Å²) in [4.78, 5) is 31.2. The van der Waals surface area contributed by atoms with Gasteiger partial charge in [0, 0.05) is 24.8 Å². The van der Waals surface area contributed by atoms with Crippen LogP contribution in [0, 0.1) is 5.92 Å². The standard InChI is InChI=1S/C24H27N3O3/c1-30-20-7-8-21-18(14-20)10-12-25-11-9-17(13-22(21)25)15-27-23(28)16-26(24(27)29)19-5-3-2-4-6-19/h2-8,14,17,22H,9-13,15-16H2,1H3/t17-,22+/m1/s1. The Balaban J connectivity index is 1.31. The number of piperidine rings is 1. The molecule has 156 valence electrons. The van der Waals surface area contributed by atoms with E-state index in [1.54, 1.807) is 12.0 Å². The lowest BCUT2D eigenvalue weighted by Crippen LogP contribution is -2.45. The summed E-state index contributed by atoms with van der Waals surface area (Å²) >= 11 is 0. The van der Waals surface area contributed by atoms with Gasteiger partial charge < -0.3 is 4.74 Å². The van der Waals surface area contributed by atoms with Crippen LogP contribution in [0.1, 0.15) is 30.0 Å². The summed E-state index contributed by atoms with van der Waals surface area (Å²) in [6.45, 7) is 2.71. The van der Waals surface area contributed by atoms with E-state index in [2.05, 4.69) is 17.0 Å². The molecule has 0 saturated carbocycles. The number of nitrogens with zero attached hydrogens (tertiary/aromatic N) is 3. The first-order valence-electron chi connectivity index (χ1n) is 10.7. The first kappa shape index (κ1) is 19.1. The van der Waals surface area contributed by atoms with Gasteiger partial charge in [-0.15, -0.1) is 0 Å². The molecule has 2 atom stereocenters. The van der Waals surface area contributed by atoms with Crippen molar-refractivity contribution in [2.75, 3.05) is 38.2 Å². The fraction of sp³-hybridized carbons (Fsp3) is 0.417. The number of benzene rings is 2. The molecule has 0 unspecified atom stereocenters. The van der Waals surface area contributed by atoms with Crippen molar-refractivity contribution in [3.63, 3.8) is 0 Å². The van der Waals surface area contributed by atoms with Gasteiger partial charge in [0.05, 0.1) is 7.11 Å². The number of carbonyl (C=O) groups is 2. The molecule has 6 heteroatoms. The Morgan fingerprint density at radius 1 is 1.07 bits per heavy atom. The van der Waals surface area contributed by atoms with Gasteiger partial charge in [-0.1, -0.05) is 24.3 Å². The van der Waals surface area contributed by atoms with Crippen LogP contribution in [0.4, 0.5) is 10.5 Å². The topological polar surface area (TPSA) is 53.1 Å². The van der Waals surface area contributed by atoms with Gasteiger partial charge in [0.25, 0.3) is 5.91 Å². The molecule has 2 saturated heterocycles. The molecule has 0 radical (unpaired) electrons. The highest BCUT2D eigenvalue weighted by Crippen LogP contribution is 2.40. The summed E-state index contributed by atoms with van der Waals surface area (Å²) in [6.07, 6.45) is 3.04. The fourth-order valence-electron chi connectivity index (χ4n) is 5.15. The van der Waals surface area contributed by atoms with Crippen molar-refractivity contribution in [1.29, 1.82) is 0 Å². The number of methoxy groups -OCH3 is 1. The van der Waals surface area contributed by atoms with Gasteiger partial charge in [0.15, 0.2) is 0 Å². The van der Waals surface area contributed by atoms with Gasteiger partial charge in [-0.05, 0) is 67.1 Å². The number of ether oxygens (including phenoxy) is 1. The number of rotatable bonds is 4. The van der Waals surface area contributed by atoms with Crippen LogP contribution >= 0.6 is 0 Å². The molecule has 2 aromatic carbocycles. The number of anilines is 1. The highest BCUT2D eigenvalue weighted by Gasteiger charge is 2.40. The molecule has 0 aromatic heterocycles. The van der Waals surface area contributed by atoms with Crippen LogP contribution in [0.5, 0.6) is 5.75 Å². The Kier molecular flexibility index (Phi) is 4.95. The summed E-state index contributed by atoms with van der Waals surface area (Å²) < 4.78 is 5.40. The molecular weight excluding hydrogens is 378 g/mol. The summed E-state index contributed by atoms with van der Waals surface area (Å²) in [6, 6.07) is 16.0. The van der Waals surface area contributed by atoms with Crippen LogP contribution in [0.3, 0.4) is 0 Å². The molecule has 3 amide bonds. The Labute approximate surface area is 177 Å². The number of para-hydroxylation sites is 1. The Hall–Kier alpha value is -2.86. The van der Waals surface area contributed by atoms with Gasteiger partial charge in [0.1, 0.15) is 12.3 Å². The lowest BCUT2D eigenvalue weighted by molar-refractivity contribution is -0.125. The number of carbonyl (C=O) groups excluding carboxylic acids is 2. The van der Waals surface area contributed by atoms with E-state index >= 15 is 0 Å². The second kappa shape index (κ2) is 7.76. The molecule has 2 aromatic rings. The van der Waals surface area contributed by atoms with Gasteiger partial charge in [0.2, 0.25) is 0 Å². The minimum Gasteiger partial charge on any atom is -0.497 e. The molecule has 0 bridgehead atoms. The predicted octanol–water partition coefficient (Wildman–Crippen LogP) is 3.47. The Morgan fingerprint density at radius 3 is 2.70 bits per heavy atom. The molecule has 5 rings (SSSR count). The highest BCUT2D eigenvalue weighted by atomic mass is 16.5. The minimum atomic E-state index is -0.192. The van der Waals surface area contributed by atoms with Crippen molar-refractivity contribution in [2.24, 2.45) is 5.92 Å². The molecule has 6 nitrogen and oxygen atoms in total. The molecule has 0 spiro atoms. The first-order chi connectivity index (χ1) is 14.6. The van der Waals surface area contributed by atoms with E-state index in [0.29, 0.717) is 18.5 Å². The number of amides is 3. The van der Waals surface area contributed by atoms with Crippen LogP contribution < -0.4 is 9.64 Å². The third-order valence-electron chi connectivity index (χ3n) is 6.76. The number of imide groups is 1. The third kappa shape index (κ3) is 3.35. The van der Waals surface area contributed by atoms with E-state index in [1.807, 2.05) is 36.4 Å². The second-order valence-corrected chi connectivity index (χ2v) is 8.47. The van der Waals surface area contributed by atoms with Crippen molar-refractivity contribution in [3.05, 3.63) is 59.7 Å². The van der Waals surface area contributed by atoms with E-state index in [1.165, 1.54) is 16.0 Å². The summed E-state index contributed by atoms with van der Waals surface area (Å²) in [5, 5.41) is 0. The van der Waals surface area contributed by atoms with Gasteiger partial charge >= 0.3 is 6.03 Å². The Morgan fingerprint density at radius 2 is 1.90 bits per heavy atom. The molecule has 0 aliphatic carbocycles. The maximum atomic E-state index is 12.9. The van der Waals surface area contributed by atoms with E-state index in [9.17, 15) is 9.59 Å².